The molecule has 1 aliphatic rings. The van der Waals surface area contributed by atoms with Crippen molar-refractivity contribution in [3.8, 4) is 22.1 Å². The zero-order valence-corrected chi connectivity index (χ0v) is 20.3. The highest BCUT2D eigenvalue weighted by molar-refractivity contribution is 7.89. The van der Waals surface area contributed by atoms with E-state index in [0.29, 0.717) is 35.2 Å². The number of carbonyl (C=O) groups is 1. The van der Waals surface area contributed by atoms with Crippen molar-refractivity contribution in [3.63, 3.8) is 0 Å². The molecule has 1 amide bonds. The molecule has 1 aromatic heterocycles. The van der Waals surface area contributed by atoms with Crippen LogP contribution < -0.4 is 9.47 Å². The lowest BCUT2D eigenvalue weighted by Gasteiger charge is -2.33. The van der Waals surface area contributed by atoms with Gasteiger partial charge in [0.2, 0.25) is 10.0 Å². The summed E-state index contributed by atoms with van der Waals surface area (Å²) < 4.78 is 38.1. The number of hydrogen-bond acceptors (Lipinski definition) is 7. The minimum atomic E-state index is -3.72. The van der Waals surface area contributed by atoms with Crippen LogP contribution in [-0.4, -0.2) is 68.9 Å². The van der Waals surface area contributed by atoms with Crippen LogP contribution in [0.4, 0.5) is 0 Å². The summed E-state index contributed by atoms with van der Waals surface area (Å²) in [5.74, 6) is 0.694. The second-order valence-corrected chi connectivity index (χ2v) is 10.4. The highest BCUT2D eigenvalue weighted by Gasteiger charge is 2.32. The van der Waals surface area contributed by atoms with Crippen molar-refractivity contribution >= 4 is 27.3 Å². The summed E-state index contributed by atoms with van der Waals surface area (Å²) in [5.41, 5.74) is 1.65. The molecule has 1 saturated heterocycles. The first-order valence-corrected chi connectivity index (χ1v) is 12.6. The van der Waals surface area contributed by atoms with Gasteiger partial charge in [-0.25, -0.2) is 13.4 Å². The zero-order chi connectivity index (χ0) is 23.6. The Bertz CT molecular complexity index is 1250. The van der Waals surface area contributed by atoms with Gasteiger partial charge in [-0.2, -0.15) is 4.31 Å². The quantitative estimate of drug-likeness (QED) is 0.530. The fourth-order valence-corrected chi connectivity index (χ4v) is 6.18. The maximum Gasteiger partial charge on any atom is 0.265 e. The molecule has 33 heavy (non-hydrogen) atoms. The summed E-state index contributed by atoms with van der Waals surface area (Å²) >= 11 is 1.37. The van der Waals surface area contributed by atoms with Gasteiger partial charge in [0.15, 0.2) is 11.5 Å². The van der Waals surface area contributed by atoms with E-state index in [9.17, 15) is 13.2 Å². The molecule has 8 nitrogen and oxygen atoms in total. The number of aryl methyl sites for hydroxylation is 1. The Hall–Kier alpha value is -2.95. The average Bonchev–Trinajstić information content (AvgIpc) is 3.25. The third-order valence-corrected chi connectivity index (χ3v) is 8.62. The molecule has 0 atom stereocenters. The van der Waals surface area contributed by atoms with Gasteiger partial charge in [-0.3, -0.25) is 4.79 Å². The number of rotatable bonds is 6. The fourth-order valence-electron chi connectivity index (χ4n) is 3.70. The molecule has 174 valence electrons. The molecule has 2 aromatic carbocycles. The predicted octanol–water partition coefficient (Wildman–Crippen LogP) is 3.28. The molecular weight excluding hydrogens is 462 g/mol. The predicted molar refractivity (Wildman–Crippen MR) is 126 cm³/mol. The number of amides is 1. The van der Waals surface area contributed by atoms with Crippen LogP contribution in [-0.2, 0) is 10.0 Å². The molecule has 0 spiro atoms. The topological polar surface area (TPSA) is 89.0 Å². The van der Waals surface area contributed by atoms with E-state index in [1.165, 1.54) is 42.0 Å². The third kappa shape index (κ3) is 4.59. The van der Waals surface area contributed by atoms with Crippen molar-refractivity contribution in [2.45, 2.75) is 11.8 Å². The van der Waals surface area contributed by atoms with Crippen molar-refractivity contribution < 1.29 is 22.7 Å². The first-order chi connectivity index (χ1) is 15.8. The Morgan fingerprint density at radius 2 is 1.64 bits per heavy atom. The summed E-state index contributed by atoms with van der Waals surface area (Å²) in [5, 5.41) is 0.797. The Labute approximate surface area is 197 Å². The third-order valence-electron chi connectivity index (χ3n) is 5.53. The lowest BCUT2D eigenvalue weighted by molar-refractivity contribution is 0.0702. The number of sulfonamides is 1. The van der Waals surface area contributed by atoms with Crippen molar-refractivity contribution in [3.05, 3.63) is 59.1 Å². The van der Waals surface area contributed by atoms with Gasteiger partial charge in [0, 0.05) is 37.8 Å². The Morgan fingerprint density at radius 1 is 0.970 bits per heavy atom. The van der Waals surface area contributed by atoms with Crippen molar-refractivity contribution in [1.29, 1.82) is 0 Å². The highest BCUT2D eigenvalue weighted by atomic mass is 32.2. The minimum absolute atomic E-state index is 0.115. The summed E-state index contributed by atoms with van der Waals surface area (Å²) in [4.78, 5) is 20.1. The number of aromatic nitrogens is 1. The number of benzene rings is 2. The standard InChI is InChI=1S/C23H25N3O5S2/c1-16-21(32-22(24-16)17-7-5-4-6-8-17)23(27)25-11-13-26(14-12-25)33(28,29)18-9-10-19(30-2)20(15-18)31-3/h4-10,15H,11-14H2,1-3H3. The molecule has 3 aromatic rings. The van der Waals surface area contributed by atoms with Crippen LogP contribution >= 0.6 is 11.3 Å². The van der Waals surface area contributed by atoms with Gasteiger partial charge in [-0.15, -0.1) is 11.3 Å². The molecule has 0 bridgehead atoms. The van der Waals surface area contributed by atoms with E-state index in [1.807, 2.05) is 37.3 Å². The van der Waals surface area contributed by atoms with Gasteiger partial charge >= 0.3 is 0 Å². The summed E-state index contributed by atoms with van der Waals surface area (Å²) in [7, 11) is -0.766. The number of hydrogen-bond donors (Lipinski definition) is 0. The Morgan fingerprint density at radius 3 is 2.27 bits per heavy atom. The molecule has 0 unspecified atom stereocenters. The van der Waals surface area contributed by atoms with E-state index in [-0.39, 0.29) is 23.9 Å². The fraction of sp³-hybridized carbons (Fsp3) is 0.304. The molecule has 10 heteroatoms. The smallest absolute Gasteiger partial charge is 0.265 e. The monoisotopic (exact) mass is 487 g/mol. The molecule has 4 rings (SSSR count). The van der Waals surface area contributed by atoms with E-state index >= 15 is 0 Å². The number of nitrogens with zero attached hydrogens (tertiary/aromatic N) is 3. The van der Waals surface area contributed by atoms with Crippen LogP contribution in [0.25, 0.3) is 10.6 Å². The van der Waals surface area contributed by atoms with E-state index in [2.05, 4.69) is 4.98 Å². The zero-order valence-electron chi connectivity index (χ0n) is 18.6. The summed E-state index contributed by atoms with van der Waals surface area (Å²) in [6, 6.07) is 14.3. The maximum absolute atomic E-state index is 13.1. The molecule has 0 saturated carbocycles. The largest absolute Gasteiger partial charge is 0.493 e. The maximum atomic E-state index is 13.1. The number of ether oxygens (including phenoxy) is 2. The first-order valence-electron chi connectivity index (χ1n) is 10.4. The van der Waals surface area contributed by atoms with Crippen LogP contribution in [0.1, 0.15) is 15.4 Å². The van der Waals surface area contributed by atoms with E-state index in [4.69, 9.17) is 9.47 Å². The number of carbonyl (C=O) groups excluding carboxylic acids is 1. The lowest BCUT2D eigenvalue weighted by Crippen LogP contribution is -2.50. The molecule has 0 N–H and O–H groups in total. The highest BCUT2D eigenvalue weighted by Crippen LogP contribution is 2.32. The molecular formula is C23H25N3O5S2. The number of thiazole rings is 1. The van der Waals surface area contributed by atoms with Crippen LogP contribution in [0.2, 0.25) is 0 Å². The molecule has 1 fully saturated rings. The van der Waals surface area contributed by atoms with Crippen LogP contribution in [0.5, 0.6) is 11.5 Å². The van der Waals surface area contributed by atoms with Crippen molar-refractivity contribution in [2.75, 3.05) is 40.4 Å². The Balaban J connectivity index is 1.47. The van der Waals surface area contributed by atoms with Gasteiger partial charge in [0.05, 0.1) is 24.8 Å². The van der Waals surface area contributed by atoms with E-state index in [1.54, 1.807) is 11.0 Å². The van der Waals surface area contributed by atoms with E-state index < -0.39 is 10.0 Å². The van der Waals surface area contributed by atoms with Gasteiger partial charge in [0.1, 0.15) is 9.88 Å². The second-order valence-electron chi connectivity index (χ2n) is 7.51. The van der Waals surface area contributed by atoms with Crippen LogP contribution in [0.3, 0.4) is 0 Å². The molecule has 1 aliphatic heterocycles. The van der Waals surface area contributed by atoms with Crippen molar-refractivity contribution in [1.82, 2.24) is 14.2 Å². The second kappa shape index (κ2) is 9.50. The molecule has 2 heterocycles. The Kier molecular flexibility index (Phi) is 6.68. The number of methoxy groups -OCH3 is 2. The summed E-state index contributed by atoms with van der Waals surface area (Å²) in [6.07, 6.45) is 0. The minimum Gasteiger partial charge on any atom is -0.493 e. The van der Waals surface area contributed by atoms with Gasteiger partial charge in [-0.05, 0) is 19.1 Å². The number of piperazine rings is 1. The van der Waals surface area contributed by atoms with Crippen LogP contribution in [0, 0.1) is 6.92 Å². The normalized spacial score (nSPS) is 14.8. The van der Waals surface area contributed by atoms with Gasteiger partial charge in [0.25, 0.3) is 5.91 Å². The summed E-state index contributed by atoms with van der Waals surface area (Å²) in [6.45, 7) is 2.87. The SMILES string of the molecule is COc1ccc(S(=O)(=O)N2CCN(C(=O)c3sc(-c4ccccc4)nc3C)CC2)cc1OC. The lowest BCUT2D eigenvalue weighted by atomic mass is 10.2. The molecule has 0 radical (unpaired) electrons. The van der Waals surface area contributed by atoms with Gasteiger partial charge in [-0.1, -0.05) is 30.3 Å². The van der Waals surface area contributed by atoms with E-state index in [0.717, 1.165) is 10.6 Å². The molecule has 0 aliphatic carbocycles. The van der Waals surface area contributed by atoms with Crippen molar-refractivity contribution in [2.24, 2.45) is 0 Å². The van der Waals surface area contributed by atoms with Gasteiger partial charge < -0.3 is 14.4 Å². The average molecular weight is 488 g/mol. The van der Waals surface area contributed by atoms with Crippen LogP contribution in [0.15, 0.2) is 53.4 Å². The first kappa shape index (κ1) is 23.2.